The number of nitrogens with zero attached hydrogens (tertiary/aromatic N) is 3. The standard InChI is InChI=1S/C25H26N4O2S/c1-16-11-13-28(14-12-16)21(30)15-32-25-27-22-18-8-4-5-9-19(18)26-23(22)24(31)29(25)20-10-6-3-7-17(20)2/h3-10,16,26H,11-15H2,1-2H3. The molecule has 4 aromatic rings. The summed E-state index contributed by atoms with van der Waals surface area (Å²) in [6, 6.07) is 15.6. The van der Waals surface area contributed by atoms with Crippen LogP contribution in [0.15, 0.2) is 58.5 Å². The maximum Gasteiger partial charge on any atom is 0.283 e. The Morgan fingerprint density at radius 3 is 2.62 bits per heavy atom. The highest BCUT2D eigenvalue weighted by atomic mass is 32.2. The number of carbonyl (C=O) groups is 1. The van der Waals surface area contributed by atoms with Crippen LogP contribution in [0, 0.1) is 12.8 Å². The Labute approximate surface area is 190 Å². The minimum Gasteiger partial charge on any atom is -0.349 e. The third-order valence-electron chi connectivity index (χ3n) is 6.31. The summed E-state index contributed by atoms with van der Waals surface area (Å²) >= 11 is 1.34. The second-order valence-corrected chi connectivity index (χ2v) is 9.51. The van der Waals surface area contributed by atoms with Crippen molar-refractivity contribution in [1.29, 1.82) is 0 Å². The van der Waals surface area contributed by atoms with Crippen LogP contribution in [-0.2, 0) is 4.79 Å². The number of rotatable bonds is 4. The Balaban J connectivity index is 1.59. The van der Waals surface area contributed by atoms with E-state index in [1.165, 1.54) is 11.8 Å². The van der Waals surface area contributed by atoms with Crippen LogP contribution >= 0.6 is 11.8 Å². The monoisotopic (exact) mass is 446 g/mol. The number of piperidine rings is 1. The molecule has 2 aromatic carbocycles. The van der Waals surface area contributed by atoms with Crippen LogP contribution in [0.3, 0.4) is 0 Å². The lowest BCUT2D eigenvalue weighted by Crippen LogP contribution is -2.39. The van der Waals surface area contributed by atoms with Gasteiger partial charge in [0.1, 0.15) is 11.0 Å². The van der Waals surface area contributed by atoms with Gasteiger partial charge in [0, 0.05) is 24.0 Å². The molecular formula is C25H26N4O2S. The molecule has 0 unspecified atom stereocenters. The fourth-order valence-corrected chi connectivity index (χ4v) is 5.24. The molecule has 0 bridgehead atoms. The Hall–Kier alpha value is -3.06. The van der Waals surface area contributed by atoms with Crippen molar-refractivity contribution in [3.05, 3.63) is 64.4 Å². The Kier molecular flexibility index (Phi) is 5.51. The van der Waals surface area contributed by atoms with Crippen LogP contribution in [0.4, 0.5) is 0 Å². The predicted octanol–water partition coefficient (Wildman–Crippen LogP) is 4.53. The van der Waals surface area contributed by atoms with E-state index in [1.807, 2.05) is 60.4 Å². The van der Waals surface area contributed by atoms with Crippen molar-refractivity contribution in [2.24, 2.45) is 5.92 Å². The number of benzene rings is 2. The molecule has 7 heteroatoms. The molecule has 32 heavy (non-hydrogen) atoms. The summed E-state index contributed by atoms with van der Waals surface area (Å²) in [4.78, 5) is 36.6. The maximum atomic E-state index is 13.6. The number of para-hydroxylation sites is 2. The van der Waals surface area contributed by atoms with Gasteiger partial charge in [0.2, 0.25) is 5.91 Å². The molecule has 0 radical (unpaired) electrons. The summed E-state index contributed by atoms with van der Waals surface area (Å²) in [5, 5.41) is 1.45. The molecule has 0 saturated carbocycles. The number of likely N-dealkylation sites (tertiary alicyclic amines) is 1. The van der Waals surface area contributed by atoms with E-state index in [0.717, 1.165) is 48.1 Å². The third kappa shape index (κ3) is 3.71. The van der Waals surface area contributed by atoms with Gasteiger partial charge in [-0.1, -0.05) is 55.1 Å². The van der Waals surface area contributed by atoms with E-state index in [-0.39, 0.29) is 17.2 Å². The van der Waals surface area contributed by atoms with E-state index in [9.17, 15) is 9.59 Å². The highest BCUT2D eigenvalue weighted by molar-refractivity contribution is 7.99. The number of hydrogen-bond donors (Lipinski definition) is 1. The molecule has 1 N–H and O–H groups in total. The zero-order valence-electron chi connectivity index (χ0n) is 18.3. The molecule has 6 nitrogen and oxygen atoms in total. The molecule has 1 saturated heterocycles. The van der Waals surface area contributed by atoms with Crippen LogP contribution in [0.5, 0.6) is 0 Å². The van der Waals surface area contributed by atoms with Gasteiger partial charge in [-0.05, 0) is 43.4 Å². The zero-order chi connectivity index (χ0) is 22.2. The van der Waals surface area contributed by atoms with Gasteiger partial charge >= 0.3 is 0 Å². The van der Waals surface area contributed by atoms with Crippen molar-refractivity contribution in [3.63, 3.8) is 0 Å². The number of amides is 1. The number of carbonyl (C=O) groups excluding carboxylic acids is 1. The van der Waals surface area contributed by atoms with Gasteiger partial charge in [-0.2, -0.15) is 0 Å². The normalized spacial score (nSPS) is 15.0. The number of thioether (sulfide) groups is 1. The average Bonchev–Trinajstić information content (AvgIpc) is 3.18. The Morgan fingerprint density at radius 2 is 1.84 bits per heavy atom. The van der Waals surface area contributed by atoms with Crippen molar-refractivity contribution in [2.45, 2.75) is 31.8 Å². The fraction of sp³-hybridized carbons (Fsp3) is 0.320. The third-order valence-corrected chi connectivity index (χ3v) is 7.24. The number of aromatic amines is 1. The summed E-state index contributed by atoms with van der Waals surface area (Å²) in [6.07, 6.45) is 2.09. The van der Waals surface area contributed by atoms with Gasteiger partial charge in [0.25, 0.3) is 5.56 Å². The van der Waals surface area contributed by atoms with Crippen LogP contribution in [0.2, 0.25) is 0 Å². The van der Waals surface area contributed by atoms with E-state index < -0.39 is 0 Å². The van der Waals surface area contributed by atoms with Gasteiger partial charge in [-0.3, -0.25) is 14.2 Å². The number of fused-ring (bicyclic) bond motifs is 3. The first-order valence-corrected chi connectivity index (χ1v) is 12.0. The first-order valence-electron chi connectivity index (χ1n) is 11.0. The van der Waals surface area contributed by atoms with Gasteiger partial charge in [0.15, 0.2) is 5.16 Å². The first-order chi connectivity index (χ1) is 15.5. The van der Waals surface area contributed by atoms with Crippen molar-refractivity contribution in [1.82, 2.24) is 19.4 Å². The van der Waals surface area contributed by atoms with Gasteiger partial charge in [-0.15, -0.1) is 0 Å². The number of H-pyrrole nitrogens is 1. The van der Waals surface area contributed by atoms with E-state index >= 15 is 0 Å². The number of nitrogens with one attached hydrogen (secondary N) is 1. The molecule has 5 rings (SSSR count). The largest absolute Gasteiger partial charge is 0.349 e. The van der Waals surface area contributed by atoms with Crippen LogP contribution < -0.4 is 5.56 Å². The Bertz CT molecular complexity index is 1370. The summed E-state index contributed by atoms with van der Waals surface area (Å²) in [5.74, 6) is 1.04. The summed E-state index contributed by atoms with van der Waals surface area (Å²) in [6.45, 7) is 5.82. The number of hydrogen-bond acceptors (Lipinski definition) is 4. The van der Waals surface area contributed by atoms with Crippen LogP contribution in [0.1, 0.15) is 25.3 Å². The average molecular weight is 447 g/mol. The van der Waals surface area contributed by atoms with Gasteiger partial charge < -0.3 is 9.88 Å². The lowest BCUT2D eigenvalue weighted by atomic mass is 9.99. The summed E-state index contributed by atoms with van der Waals surface area (Å²) in [7, 11) is 0. The van der Waals surface area contributed by atoms with Crippen molar-refractivity contribution < 1.29 is 4.79 Å². The summed E-state index contributed by atoms with van der Waals surface area (Å²) in [5.41, 5.74) is 3.62. The van der Waals surface area contributed by atoms with E-state index in [2.05, 4.69) is 11.9 Å². The molecule has 1 aliphatic heterocycles. The van der Waals surface area contributed by atoms with E-state index in [0.29, 0.717) is 22.1 Å². The van der Waals surface area contributed by atoms with Gasteiger partial charge in [-0.25, -0.2) is 4.98 Å². The minimum absolute atomic E-state index is 0.103. The second-order valence-electron chi connectivity index (χ2n) is 8.57. The number of aryl methyl sites for hydroxylation is 1. The molecule has 3 heterocycles. The molecule has 2 aromatic heterocycles. The Morgan fingerprint density at radius 1 is 1.12 bits per heavy atom. The molecule has 0 atom stereocenters. The minimum atomic E-state index is -0.151. The zero-order valence-corrected chi connectivity index (χ0v) is 19.1. The predicted molar refractivity (Wildman–Crippen MR) is 130 cm³/mol. The van der Waals surface area contributed by atoms with Crippen LogP contribution in [0.25, 0.3) is 27.6 Å². The van der Waals surface area contributed by atoms with Crippen molar-refractivity contribution >= 4 is 39.6 Å². The van der Waals surface area contributed by atoms with Gasteiger partial charge in [0.05, 0.1) is 11.4 Å². The summed E-state index contributed by atoms with van der Waals surface area (Å²) < 4.78 is 1.64. The topological polar surface area (TPSA) is 71.0 Å². The van der Waals surface area contributed by atoms with E-state index in [4.69, 9.17) is 4.98 Å². The highest BCUT2D eigenvalue weighted by Crippen LogP contribution is 2.27. The fourth-order valence-electron chi connectivity index (χ4n) is 4.34. The highest BCUT2D eigenvalue weighted by Gasteiger charge is 2.23. The molecule has 164 valence electrons. The molecule has 1 amide bonds. The van der Waals surface area contributed by atoms with Crippen LogP contribution in [-0.4, -0.2) is 44.2 Å². The lowest BCUT2D eigenvalue weighted by Gasteiger charge is -2.30. The van der Waals surface area contributed by atoms with Crippen molar-refractivity contribution in [2.75, 3.05) is 18.8 Å². The molecule has 0 aliphatic carbocycles. The molecule has 0 spiro atoms. The second kappa shape index (κ2) is 8.47. The molecular weight excluding hydrogens is 420 g/mol. The van der Waals surface area contributed by atoms with E-state index in [1.54, 1.807) is 4.57 Å². The maximum absolute atomic E-state index is 13.6. The lowest BCUT2D eigenvalue weighted by molar-refractivity contribution is -0.129. The molecule has 1 aliphatic rings. The first kappa shape index (κ1) is 20.8. The number of aromatic nitrogens is 3. The smallest absolute Gasteiger partial charge is 0.283 e. The SMILES string of the molecule is Cc1ccccc1-n1c(SCC(=O)N2CCC(C)CC2)nc2c([nH]c3ccccc32)c1=O. The van der Waals surface area contributed by atoms with Crippen molar-refractivity contribution in [3.8, 4) is 5.69 Å². The molecule has 1 fully saturated rings. The quantitative estimate of drug-likeness (QED) is 0.369.